The molecule has 0 unspecified atom stereocenters. The van der Waals surface area contributed by atoms with Crippen molar-refractivity contribution in [3.63, 3.8) is 0 Å². The molecule has 0 spiro atoms. The molecule has 21 heavy (non-hydrogen) atoms. The van der Waals surface area contributed by atoms with Crippen LogP contribution in [0.3, 0.4) is 0 Å². The van der Waals surface area contributed by atoms with E-state index in [1.165, 1.54) is 6.07 Å². The van der Waals surface area contributed by atoms with E-state index in [0.717, 1.165) is 17.7 Å². The highest BCUT2D eigenvalue weighted by molar-refractivity contribution is 5.27. The standard InChI is InChI=1S/C16H15F4N/c1-11(13-5-3-2-4-6-13)21-10-12-7-8-15(17)14(9-12)16(18,19)20/h2-9,11,21H,10H2,1H3/t11-/m0/s1. The summed E-state index contributed by atoms with van der Waals surface area (Å²) in [5.74, 6) is -1.25. The fraction of sp³-hybridized carbons (Fsp3) is 0.250. The van der Waals surface area contributed by atoms with Gasteiger partial charge in [0.2, 0.25) is 0 Å². The molecule has 0 saturated heterocycles. The third-order valence-electron chi connectivity index (χ3n) is 3.25. The van der Waals surface area contributed by atoms with Crippen molar-refractivity contribution >= 4 is 0 Å². The second-order valence-electron chi connectivity index (χ2n) is 4.83. The summed E-state index contributed by atoms with van der Waals surface area (Å²) in [5.41, 5.74) is 0.205. The van der Waals surface area contributed by atoms with Crippen molar-refractivity contribution in [3.8, 4) is 0 Å². The van der Waals surface area contributed by atoms with Crippen LogP contribution in [0.15, 0.2) is 48.5 Å². The van der Waals surface area contributed by atoms with Gasteiger partial charge in [-0.1, -0.05) is 36.4 Å². The average molecular weight is 297 g/mol. The maximum atomic E-state index is 13.2. The van der Waals surface area contributed by atoms with E-state index in [9.17, 15) is 17.6 Å². The van der Waals surface area contributed by atoms with E-state index in [0.29, 0.717) is 5.56 Å². The first-order chi connectivity index (χ1) is 9.88. The molecule has 5 heteroatoms. The molecule has 1 N–H and O–H groups in total. The van der Waals surface area contributed by atoms with Crippen LogP contribution >= 0.6 is 0 Å². The number of benzene rings is 2. The van der Waals surface area contributed by atoms with Crippen LogP contribution in [0.5, 0.6) is 0 Å². The molecule has 0 aliphatic carbocycles. The van der Waals surface area contributed by atoms with E-state index >= 15 is 0 Å². The Bertz CT molecular complexity index is 593. The van der Waals surface area contributed by atoms with E-state index in [1.807, 2.05) is 37.3 Å². The Morgan fingerprint density at radius 2 is 1.71 bits per heavy atom. The van der Waals surface area contributed by atoms with Crippen molar-refractivity contribution in [3.05, 3.63) is 71.0 Å². The van der Waals surface area contributed by atoms with Crippen LogP contribution in [0.25, 0.3) is 0 Å². The number of rotatable bonds is 4. The van der Waals surface area contributed by atoms with Crippen LogP contribution in [0.4, 0.5) is 17.6 Å². The third-order valence-corrected chi connectivity index (χ3v) is 3.25. The largest absolute Gasteiger partial charge is 0.419 e. The van der Waals surface area contributed by atoms with Crippen LogP contribution in [0.1, 0.15) is 29.7 Å². The van der Waals surface area contributed by atoms with Crippen LogP contribution in [0, 0.1) is 5.82 Å². The fourth-order valence-corrected chi connectivity index (χ4v) is 2.03. The lowest BCUT2D eigenvalue weighted by molar-refractivity contribution is -0.140. The van der Waals surface area contributed by atoms with Gasteiger partial charge in [-0.3, -0.25) is 0 Å². The first-order valence-corrected chi connectivity index (χ1v) is 6.52. The molecule has 0 fully saturated rings. The summed E-state index contributed by atoms with van der Waals surface area (Å²) >= 11 is 0. The predicted molar refractivity (Wildman–Crippen MR) is 73.1 cm³/mol. The molecule has 112 valence electrons. The zero-order chi connectivity index (χ0) is 15.5. The van der Waals surface area contributed by atoms with Crippen LogP contribution in [-0.4, -0.2) is 0 Å². The highest BCUT2D eigenvalue weighted by Gasteiger charge is 2.34. The Hall–Kier alpha value is -1.88. The predicted octanol–water partition coefficient (Wildman–Crippen LogP) is 4.70. The van der Waals surface area contributed by atoms with Gasteiger partial charge in [0.15, 0.2) is 0 Å². The smallest absolute Gasteiger partial charge is 0.306 e. The second-order valence-corrected chi connectivity index (χ2v) is 4.83. The van der Waals surface area contributed by atoms with Crippen molar-refractivity contribution in [2.24, 2.45) is 0 Å². The molecular weight excluding hydrogens is 282 g/mol. The maximum Gasteiger partial charge on any atom is 0.419 e. The first-order valence-electron chi connectivity index (χ1n) is 6.52. The Morgan fingerprint density at radius 3 is 2.33 bits per heavy atom. The van der Waals surface area contributed by atoms with Gasteiger partial charge in [0.05, 0.1) is 5.56 Å². The molecule has 1 atom stereocenters. The number of hydrogen-bond acceptors (Lipinski definition) is 1. The van der Waals surface area contributed by atoms with Gasteiger partial charge in [-0.25, -0.2) is 4.39 Å². The average Bonchev–Trinajstić information content (AvgIpc) is 2.45. The number of alkyl halides is 3. The van der Waals surface area contributed by atoms with Gasteiger partial charge in [-0.05, 0) is 30.2 Å². The Labute approximate surface area is 120 Å². The molecule has 2 rings (SSSR count). The van der Waals surface area contributed by atoms with Crippen LogP contribution in [0.2, 0.25) is 0 Å². The molecule has 1 nitrogen and oxygen atoms in total. The van der Waals surface area contributed by atoms with Gasteiger partial charge in [-0.2, -0.15) is 13.2 Å². The SMILES string of the molecule is C[C@H](NCc1ccc(F)c(C(F)(F)F)c1)c1ccccc1. The minimum Gasteiger partial charge on any atom is -0.306 e. The zero-order valence-corrected chi connectivity index (χ0v) is 11.4. The summed E-state index contributed by atoms with van der Waals surface area (Å²) in [6, 6.07) is 12.6. The van der Waals surface area contributed by atoms with Crippen molar-refractivity contribution in [2.75, 3.05) is 0 Å². The summed E-state index contributed by atoms with van der Waals surface area (Å²) in [5, 5.41) is 3.12. The maximum absolute atomic E-state index is 13.2. The molecular formula is C16H15F4N. The van der Waals surface area contributed by atoms with Crippen LogP contribution < -0.4 is 5.32 Å². The molecule has 0 aromatic heterocycles. The Morgan fingerprint density at radius 1 is 1.05 bits per heavy atom. The first kappa shape index (κ1) is 15.5. The van der Waals surface area contributed by atoms with Gasteiger partial charge >= 0.3 is 6.18 Å². The van der Waals surface area contributed by atoms with Crippen molar-refractivity contribution in [1.29, 1.82) is 0 Å². The molecule has 0 saturated carbocycles. The molecule has 2 aromatic rings. The summed E-state index contributed by atoms with van der Waals surface area (Å²) in [7, 11) is 0. The number of halogens is 4. The molecule has 2 aromatic carbocycles. The lowest BCUT2D eigenvalue weighted by Crippen LogP contribution is -2.18. The Kier molecular flexibility index (Phi) is 4.63. The van der Waals surface area contributed by atoms with Gasteiger partial charge in [-0.15, -0.1) is 0 Å². The van der Waals surface area contributed by atoms with E-state index in [-0.39, 0.29) is 12.6 Å². The fourth-order valence-electron chi connectivity index (χ4n) is 2.03. The highest BCUT2D eigenvalue weighted by Crippen LogP contribution is 2.31. The second kappa shape index (κ2) is 6.26. The van der Waals surface area contributed by atoms with Crippen molar-refractivity contribution in [1.82, 2.24) is 5.32 Å². The zero-order valence-electron chi connectivity index (χ0n) is 11.4. The lowest BCUT2D eigenvalue weighted by Gasteiger charge is -2.15. The van der Waals surface area contributed by atoms with E-state index in [4.69, 9.17) is 0 Å². The molecule has 0 radical (unpaired) electrons. The van der Waals surface area contributed by atoms with E-state index in [2.05, 4.69) is 5.32 Å². The number of hydrogen-bond donors (Lipinski definition) is 1. The Balaban J connectivity index is 2.07. The normalized spacial score (nSPS) is 13.2. The number of nitrogens with one attached hydrogen (secondary N) is 1. The van der Waals surface area contributed by atoms with Crippen LogP contribution in [-0.2, 0) is 12.7 Å². The quantitative estimate of drug-likeness (QED) is 0.807. The van der Waals surface area contributed by atoms with Gasteiger partial charge < -0.3 is 5.32 Å². The summed E-state index contributed by atoms with van der Waals surface area (Å²) in [4.78, 5) is 0. The van der Waals surface area contributed by atoms with E-state index in [1.54, 1.807) is 0 Å². The monoisotopic (exact) mass is 297 g/mol. The van der Waals surface area contributed by atoms with Crippen molar-refractivity contribution in [2.45, 2.75) is 25.7 Å². The minimum atomic E-state index is -4.68. The van der Waals surface area contributed by atoms with Gasteiger partial charge in [0.25, 0.3) is 0 Å². The summed E-state index contributed by atoms with van der Waals surface area (Å²) in [6.45, 7) is 2.16. The van der Waals surface area contributed by atoms with Gasteiger partial charge in [0.1, 0.15) is 5.82 Å². The lowest BCUT2D eigenvalue weighted by atomic mass is 10.1. The summed E-state index contributed by atoms with van der Waals surface area (Å²) < 4.78 is 51.1. The topological polar surface area (TPSA) is 12.0 Å². The molecule has 0 amide bonds. The van der Waals surface area contributed by atoms with Crippen molar-refractivity contribution < 1.29 is 17.6 Å². The summed E-state index contributed by atoms with van der Waals surface area (Å²) in [6.07, 6.45) is -4.68. The third kappa shape index (κ3) is 4.04. The van der Waals surface area contributed by atoms with E-state index < -0.39 is 17.6 Å². The van der Waals surface area contributed by atoms with Gasteiger partial charge in [0, 0.05) is 12.6 Å². The molecule has 0 aliphatic rings. The highest BCUT2D eigenvalue weighted by atomic mass is 19.4. The molecule has 0 bridgehead atoms. The minimum absolute atomic E-state index is 0.00871. The molecule has 0 heterocycles. The molecule has 0 aliphatic heterocycles.